The van der Waals surface area contributed by atoms with Gasteiger partial charge in [-0.05, 0) is 68.5 Å². The molecular formula is C22H25BrO4. The van der Waals surface area contributed by atoms with Crippen molar-refractivity contribution in [3.05, 3.63) is 69.7 Å². The third-order valence-electron chi connectivity index (χ3n) is 4.34. The Hall–Kier alpha value is -2.14. The summed E-state index contributed by atoms with van der Waals surface area (Å²) in [5.74, 6) is -1.93. The molecule has 0 spiro atoms. The summed E-state index contributed by atoms with van der Waals surface area (Å²) in [5, 5.41) is 9.72. The molecule has 0 aliphatic carbocycles. The Morgan fingerprint density at radius 2 is 1.74 bits per heavy atom. The van der Waals surface area contributed by atoms with E-state index in [1.807, 2.05) is 52.0 Å². The summed E-state index contributed by atoms with van der Waals surface area (Å²) in [6.07, 6.45) is 0.387. The first-order valence-electron chi connectivity index (χ1n) is 8.87. The maximum absolute atomic E-state index is 12.1. The van der Waals surface area contributed by atoms with Crippen molar-refractivity contribution < 1.29 is 19.4 Å². The van der Waals surface area contributed by atoms with E-state index in [4.69, 9.17) is 4.74 Å². The van der Waals surface area contributed by atoms with E-state index in [0.29, 0.717) is 12.0 Å². The van der Waals surface area contributed by atoms with Crippen LogP contribution in [0.15, 0.2) is 53.0 Å². The fourth-order valence-electron chi connectivity index (χ4n) is 2.87. The van der Waals surface area contributed by atoms with Crippen LogP contribution in [0.1, 0.15) is 55.1 Å². The predicted octanol–water partition coefficient (Wildman–Crippen LogP) is 5.45. The lowest BCUT2D eigenvalue weighted by atomic mass is 9.83. The van der Waals surface area contributed by atoms with Crippen LogP contribution in [0.2, 0.25) is 0 Å². The molecule has 2 unspecified atom stereocenters. The van der Waals surface area contributed by atoms with Gasteiger partial charge in [-0.3, -0.25) is 4.79 Å². The van der Waals surface area contributed by atoms with E-state index in [0.717, 1.165) is 15.6 Å². The van der Waals surface area contributed by atoms with E-state index in [9.17, 15) is 14.7 Å². The fraction of sp³-hybridized carbons (Fsp3) is 0.364. The molecule has 4 nitrogen and oxygen atoms in total. The van der Waals surface area contributed by atoms with Crippen LogP contribution in [-0.4, -0.2) is 22.6 Å². The lowest BCUT2D eigenvalue weighted by Crippen LogP contribution is -2.24. The first kappa shape index (κ1) is 21.2. The van der Waals surface area contributed by atoms with Crippen molar-refractivity contribution in [3.63, 3.8) is 0 Å². The zero-order valence-electron chi connectivity index (χ0n) is 16.0. The van der Waals surface area contributed by atoms with Gasteiger partial charge in [0.1, 0.15) is 5.60 Å². The van der Waals surface area contributed by atoms with E-state index in [2.05, 4.69) is 15.9 Å². The average Bonchev–Trinajstić information content (AvgIpc) is 2.58. The third kappa shape index (κ3) is 6.21. The molecule has 5 heteroatoms. The zero-order valence-corrected chi connectivity index (χ0v) is 17.6. The van der Waals surface area contributed by atoms with Crippen molar-refractivity contribution in [2.75, 3.05) is 0 Å². The Morgan fingerprint density at radius 1 is 1.11 bits per heavy atom. The minimum absolute atomic E-state index is 0.148. The Kier molecular flexibility index (Phi) is 6.82. The van der Waals surface area contributed by atoms with Crippen molar-refractivity contribution >= 4 is 27.9 Å². The van der Waals surface area contributed by atoms with Crippen LogP contribution in [0.5, 0.6) is 0 Å². The lowest BCUT2D eigenvalue weighted by Gasteiger charge is -2.21. The standard InChI is InChI=1S/C22H25BrO4/c1-14(17-6-5-7-18(23)13-17)19(20(24)25)12-15-8-10-16(11-9-15)21(26)27-22(2,3)4/h5-11,13-14,19H,12H2,1-4H3,(H,24,25). The van der Waals surface area contributed by atoms with Gasteiger partial charge in [-0.15, -0.1) is 0 Å². The Bertz CT molecular complexity index is 806. The first-order valence-corrected chi connectivity index (χ1v) is 9.66. The van der Waals surface area contributed by atoms with Gasteiger partial charge in [0.25, 0.3) is 0 Å². The van der Waals surface area contributed by atoms with E-state index in [1.54, 1.807) is 24.3 Å². The molecule has 0 aliphatic rings. The van der Waals surface area contributed by atoms with Crippen LogP contribution in [0.4, 0.5) is 0 Å². The third-order valence-corrected chi connectivity index (χ3v) is 4.83. The summed E-state index contributed by atoms with van der Waals surface area (Å²) in [5.41, 5.74) is 1.75. The van der Waals surface area contributed by atoms with Crippen molar-refractivity contribution in [2.24, 2.45) is 5.92 Å². The van der Waals surface area contributed by atoms with Crippen LogP contribution < -0.4 is 0 Å². The smallest absolute Gasteiger partial charge is 0.338 e. The number of benzene rings is 2. The van der Waals surface area contributed by atoms with Crippen LogP contribution in [-0.2, 0) is 16.0 Å². The monoisotopic (exact) mass is 432 g/mol. The summed E-state index contributed by atoms with van der Waals surface area (Å²) in [6, 6.07) is 14.7. The number of esters is 1. The number of halogens is 1. The van der Waals surface area contributed by atoms with Gasteiger partial charge in [-0.1, -0.05) is 47.1 Å². The van der Waals surface area contributed by atoms with Gasteiger partial charge in [0.15, 0.2) is 0 Å². The van der Waals surface area contributed by atoms with E-state index >= 15 is 0 Å². The van der Waals surface area contributed by atoms with E-state index in [1.165, 1.54) is 0 Å². The summed E-state index contributed by atoms with van der Waals surface area (Å²) in [6.45, 7) is 7.38. The first-order chi connectivity index (χ1) is 12.6. The number of rotatable bonds is 6. The summed E-state index contributed by atoms with van der Waals surface area (Å²) in [7, 11) is 0. The second kappa shape index (κ2) is 8.70. The molecular weight excluding hydrogens is 408 g/mol. The van der Waals surface area contributed by atoms with Gasteiger partial charge >= 0.3 is 11.9 Å². The summed E-state index contributed by atoms with van der Waals surface area (Å²) < 4.78 is 6.28. The number of carboxylic acid groups (broad SMARTS) is 1. The maximum atomic E-state index is 12.1. The van der Waals surface area contributed by atoms with E-state index in [-0.39, 0.29) is 11.9 Å². The van der Waals surface area contributed by atoms with Gasteiger partial charge in [-0.2, -0.15) is 0 Å². The number of carboxylic acids is 1. The highest BCUT2D eigenvalue weighted by Gasteiger charge is 2.26. The van der Waals surface area contributed by atoms with Crippen molar-refractivity contribution in [1.82, 2.24) is 0 Å². The quantitative estimate of drug-likeness (QED) is 0.616. The molecule has 0 fully saturated rings. The maximum Gasteiger partial charge on any atom is 0.338 e. The topological polar surface area (TPSA) is 63.6 Å². The van der Waals surface area contributed by atoms with Gasteiger partial charge in [0.2, 0.25) is 0 Å². The highest BCUT2D eigenvalue weighted by molar-refractivity contribution is 9.10. The highest BCUT2D eigenvalue weighted by Crippen LogP contribution is 2.29. The van der Waals surface area contributed by atoms with Gasteiger partial charge in [0.05, 0.1) is 11.5 Å². The van der Waals surface area contributed by atoms with Crippen LogP contribution in [0.3, 0.4) is 0 Å². The molecule has 2 atom stereocenters. The second-order valence-electron chi connectivity index (χ2n) is 7.69. The minimum atomic E-state index is -0.835. The summed E-state index contributed by atoms with van der Waals surface area (Å²) >= 11 is 3.43. The number of aliphatic carboxylic acids is 1. The lowest BCUT2D eigenvalue weighted by molar-refractivity contribution is -0.142. The van der Waals surface area contributed by atoms with Gasteiger partial charge in [0, 0.05) is 4.47 Å². The highest BCUT2D eigenvalue weighted by atomic mass is 79.9. The number of carbonyl (C=O) groups is 2. The summed E-state index contributed by atoms with van der Waals surface area (Å²) in [4.78, 5) is 24.0. The molecule has 0 radical (unpaired) electrons. The molecule has 0 amide bonds. The molecule has 0 aliphatic heterocycles. The molecule has 144 valence electrons. The number of carbonyl (C=O) groups excluding carboxylic acids is 1. The molecule has 1 N–H and O–H groups in total. The molecule has 2 aromatic rings. The second-order valence-corrected chi connectivity index (χ2v) is 8.61. The molecule has 2 rings (SSSR count). The zero-order chi connectivity index (χ0) is 20.2. The molecule has 2 aromatic carbocycles. The molecule has 0 saturated carbocycles. The number of ether oxygens (including phenoxy) is 1. The normalized spacial score (nSPS) is 13.7. The fourth-order valence-corrected chi connectivity index (χ4v) is 3.28. The molecule has 0 aromatic heterocycles. The van der Waals surface area contributed by atoms with Gasteiger partial charge in [-0.25, -0.2) is 4.79 Å². The largest absolute Gasteiger partial charge is 0.481 e. The van der Waals surface area contributed by atoms with Crippen molar-refractivity contribution in [1.29, 1.82) is 0 Å². The molecule has 0 saturated heterocycles. The number of hydrogen-bond donors (Lipinski definition) is 1. The minimum Gasteiger partial charge on any atom is -0.481 e. The Morgan fingerprint density at radius 3 is 2.26 bits per heavy atom. The molecule has 27 heavy (non-hydrogen) atoms. The molecule has 0 bridgehead atoms. The van der Waals surface area contributed by atoms with Crippen LogP contribution in [0.25, 0.3) is 0 Å². The van der Waals surface area contributed by atoms with E-state index < -0.39 is 17.5 Å². The molecule has 0 heterocycles. The van der Waals surface area contributed by atoms with Crippen molar-refractivity contribution in [3.8, 4) is 0 Å². The van der Waals surface area contributed by atoms with Crippen LogP contribution in [0, 0.1) is 5.92 Å². The SMILES string of the molecule is CC(c1cccc(Br)c1)C(Cc1ccc(C(=O)OC(C)(C)C)cc1)C(=O)O. The number of hydrogen-bond acceptors (Lipinski definition) is 3. The van der Waals surface area contributed by atoms with Crippen LogP contribution >= 0.6 is 15.9 Å². The Balaban J connectivity index is 2.15. The van der Waals surface area contributed by atoms with Crippen molar-refractivity contribution in [2.45, 2.75) is 45.6 Å². The average molecular weight is 433 g/mol. The van der Waals surface area contributed by atoms with Gasteiger partial charge < -0.3 is 9.84 Å². The predicted molar refractivity (Wildman–Crippen MR) is 109 cm³/mol. The Labute approximate surface area is 168 Å².